The lowest BCUT2D eigenvalue weighted by molar-refractivity contribution is 0.0770. The number of hydrogen-bond donors (Lipinski definition) is 1. The van der Waals surface area contributed by atoms with E-state index in [0.29, 0.717) is 12.0 Å². The lowest BCUT2D eigenvalue weighted by Gasteiger charge is -2.27. The summed E-state index contributed by atoms with van der Waals surface area (Å²) in [6.45, 7) is 13.2. The van der Waals surface area contributed by atoms with Crippen LogP contribution in [-0.4, -0.2) is 49.8 Å². The van der Waals surface area contributed by atoms with E-state index in [1.165, 1.54) is 12.8 Å². The molecule has 0 radical (unpaired) electrons. The van der Waals surface area contributed by atoms with Gasteiger partial charge in [-0.3, -0.25) is 0 Å². The molecule has 0 aromatic heterocycles. The van der Waals surface area contributed by atoms with Gasteiger partial charge in [-0.05, 0) is 53.1 Å². The van der Waals surface area contributed by atoms with Crippen molar-refractivity contribution in [1.82, 2.24) is 10.2 Å². The summed E-state index contributed by atoms with van der Waals surface area (Å²) in [6.07, 6.45) is 2.95. The molecule has 0 spiro atoms. The van der Waals surface area contributed by atoms with Crippen molar-refractivity contribution in [1.29, 1.82) is 0 Å². The third kappa shape index (κ3) is 7.02. The van der Waals surface area contributed by atoms with Gasteiger partial charge in [0, 0.05) is 25.2 Å². The summed E-state index contributed by atoms with van der Waals surface area (Å²) in [7, 11) is 2.20. The molecule has 1 rings (SSSR count). The second-order valence-electron chi connectivity index (χ2n) is 6.59. The first-order valence-electron chi connectivity index (χ1n) is 6.92. The Hall–Kier alpha value is -0.120. The Bertz CT molecular complexity index is 207. The maximum absolute atomic E-state index is 5.66. The van der Waals surface area contributed by atoms with E-state index >= 15 is 0 Å². The Morgan fingerprint density at radius 1 is 1.41 bits per heavy atom. The van der Waals surface area contributed by atoms with Crippen LogP contribution in [0.5, 0.6) is 0 Å². The number of ether oxygens (including phenoxy) is 1. The molecule has 1 heterocycles. The highest BCUT2D eigenvalue weighted by Gasteiger charge is 2.18. The van der Waals surface area contributed by atoms with Gasteiger partial charge in [0.15, 0.2) is 0 Å². The van der Waals surface area contributed by atoms with Gasteiger partial charge in [0.1, 0.15) is 0 Å². The molecule has 0 aromatic rings. The Morgan fingerprint density at radius 2 is 2.12 bits per heavy atom. The zero-order valence-corrected chi connectivity index (χ0v) is 12.3. The van der Waals surface area contributed by atoms with Crippen molar-refractivity contribution in [2.75, 3.05) is 33.3 Å². The predicted octanol–water partition coefficient (Wildman–Crippen LogP) is 2.12. The molecule has 17 heavy (non-hydrogen) atoms. The fourth-order valence-corrected chi connectivity index (χ4v) is 2.29. The smallest absolute Gasteiger partial charge is 0.0702 e. The van der Waals surface area contributed by atoms with E-state index < -0.39 is 0 Å². The predicted molar refractivity (Wildman–Crippen MR) is 73.4 cm³/mol. The van der Waals surface area contributed by atoms with Gasteiger partial charge in [-0.1, -0.05) is 6.92 Å². The van der Waals surface area contributed by atoms with Crippen molar-refractivity contribution in [3.05, 3.63) is 0 Å². The van der Waals surface area contributed by atoms with Crippen molar-refractivity contribution in [2.24, 2.45) is 5.92 Å². The zero-order chi connectivity index (χ0) is 12.9. The summed E-state index contributed by atoms with van der Waals surface area (Å²) in [6, 6.07) is 0. The quantitative estimate of drug-likeness (QED) is 0.772. The molecule has 1 fully saturated rings. The molecule has 2 unspecified atom stereocenters. The lowest BCUT2D eigenvalue weighted by atomic mass is 10.1. The second-order valence-corrected chi connectivity index (χ2v) is 6.59. The summed E-state index contributed by atoms with van der Waals surface area (Å²) in [5.74, 6) is 0.681. The monoisotopic (exact) mass is 242 g/mol. The van der Waals surface area contributed by atoms with Gasteiger partial charge in [0.2, 0.25) is 0 Å². The van der Waals surface area contributed by atoms with Gasteiger partial charge >= 0.3 is 0 Å². The summed E-state index contributed by atoms with van der Waals surface area (Å²) >= 11 is 0. The molecule has 0 bridgehead atoms. The average molecular weight is 242 g/mol. The fourth-order valence-electron chi connectivity index (χ4n) is 2.29. The Morgan fingerprint density at radius 3 is 2.65 bits per heavy atom. The van der Waals surface area contributed by atoms with Crippen LogP contribution in [0.25, 0.3) is 0 Å². The third-order valence-electron chi connectivity index (χ3n) is 3.14. The Kier molecular flexibility index (Phi) is 5.90. The van der Waals surface area contributed by atoms with Gasteiger partial charge in [0.25, 0.3) is 0 Å². The molecule has 1 aliphatic rings. The van der Waals surface area contributed by atoms with Crippen LogP contribution in [0.2, 0.25) is 0 Å². The first kappa shape index (κ1) is 14.9. The van der Waals surface area contributed by atoms with Gasteiger partial charge in [-0.25, -0.2) is 0 Å². The van der Waals surface area contributed by atoms with Crippen LogP contribution in [-0.2, 0) is 4.74 Å². The highest BCUT2D eigenvalue weighted by atomic mass is 16.5. The lowest BCUT2D eigenvalue weighted by Crippen LogP contribution is -2.41. The van der Waals surface area contributed by atoms with Crippen molar-refractivity contribution < 1.29 is 4.74 Å². The number of nitrogens with zero attached hydrogens (tertiary/aromatic N) is 1. The van der Waals surface area contributed by atoms with Crippen LogP contribution in [0.4, 0.5) is 0 Å². The molecule has 3 heteroatoms. The number of rotatable bonds is 6. The summed E-state index contributed by atoms with van der Waals surface area (Å²) in [5, 5.41) is 3.56. The minimum Gasteiger partial charge on any atom is -0.377 e. The number of hydrogen-bond acceptors (Lipinski definition) is 3. The van der Waals surface area contributed by atoms with Crippen LogP contribution >= 0.6 is 0 Å². The van der Waals surface area contributed by atoms with Crippen LogP contribution in [0.15, 0.2) is 0 Å². The summed E-state index contributed by atoms with van der Waals surface area (Å²) < 4.78 is 5.66. The van der Waals surface area contributed by atoms with Gasteiger partial charge in [0.05, 0.1) is 6.10 Å². The Labute approximate surface area is 107 Å². The van der Waals surface area contributed by atoms with Crippen molar-refractivity contribution >= 4 is 0 Å². The molecule has 2 atom stereocenters. The molecule has 1 N–H and O–H groups in total. The molecular formula is C14H30N2O. The fraction of sp³-hybridized carbons (Fsp3) is 1.00. The van der Waals surface area contributed by atoms with Crippen molar-refractivity contribution in [3.63, 3.8) is 0 Å². The van der Waals surface area contributed by atoms with Gasteiger partial charge in [-0.15, -0.1) is 0 Å². The highest BCUT2D eigenvalue weighted by Crippen LogP contribution is 2.13. The highest BCUT2D eigenvalue weighted by molar-refractivity contribution is 4.74. The van der Waals surface area contributed by atoms with Crippen molar-refractivity contribution in [2.45, 2.75) is 52.2 Å². The molecule has 1 saturated heterocycles. The minimum absolute atomic E-state index is 0.224. The second kappa shape index (κ2) is 6.72. The SMILES string of the molecule is CC(CNC(C)(C)C)CN(C)CC1CCCO1. The van der Waals surface area contributed by atoms with E-state index in [4.69, 9.17) is 4.74 Å². The summed E-state index contributed by atoms with van der Waals surface area (Å²) in [5.41, 5.74) is 0.224. The first-order chi connectivity index (χ1) is 7.87. The normalized spacial score (nSPS) is 23.3. The number of likely N-dealkylation sites (N-methyl/N-ethyl adjacent to an activating group) is 1. The summed E-state index contributed by atoms with van der Waals surface area (Å²) in [4.78, 5) is 2.41. The number of nitrogens with one attached hydrogen (secondary N) is 1. The molecule has 0 aliphatic carbocycles. The van der Waals surface area contributed by atoms with Gasteiger partial charge < -0.3 is 15.0 Å². The molecule has 0 aromatic carbocycles. The maximum Gasteiger partial charge on any atom is 0.0702 e. The average Bonchev–Trinajstić information content (AvgIpc) is 2.66. The largest absolute Gasteiger partial charge is 0.377 e. The third-order valence-corrected chi connectivity index (χ3v) is 3.14. The first-order valence-corrected chi connectivity index (χ1v) is 6.92. The van der Waals surface area contributed by atoms with E-state index in [9.17, 15) is 0 Å². The van der Waals surface area contributed by atoms with E-state index in [1.807, 2.05) is 0 Å². The Balaban J connectivity index is 2.14. The van der Waals surface area contributed by atoms with E-state index in [-0.39, 0.29) is 5.54 Å². The maximum atomic E-state index is 5.66. The topological polar surface area (TPSA) is 24.5 Å². The van der Waals surface area contributed by atoms with Crippen molar-refractivity contribution in [3.8, 4) is 0 Å². The molecule has 102 valence electrons. The van der Waals surface area contributed by atoms with Crippen LogP contribution in [0.3, 0.4) is 0 Å². The molecule has 0 amide bonds. The van der Waals surface area contributed by atoms with Crippen LogP contribution < -0.4 is 5.32 Å². The molecule has 3 nitrogen and oxygen atoms in total. The minimum atomic E-state index is 0.224. The van der Waals surface area contributed by atoms with E-state index in [0.717, 1.165) is 26.2 Å². The van der Waals surface area contributed by atoms with E-state index in [1.54, 1.807) is 0 Å². The standard InChI is InChI=1S/C14H30N2O/c1-12(9-15-14(2,3)4)10-16(5)11-13-7-6-8-17-13/h12-13,15H,6-11H2,1-5H3. The van der Waals surface area contributed by atoms with Gasteiger partial charge in [-0.2, -0.15) is 0 Å². The molecule has 0 saturated carbocycles. The van der Waals surface area contributed by atoms with Crippen LogP contribution in [0, 0.1) is 5.92 Å². The molecular weight excluding hydrogens is 212 g/mol. The molecule has 1 aliphatic heterocycles. The zero-order valence-electron chi connectivity index (χ0n) is 12.3. The van der Waals surface area contributed by atoms with E-state index in [2.05, 4.69) is 45.0 Å². The van der Waals surface area contributed by atoms with Crippen LogP contribution in [0.1, 0.15) is 40.5 Å².